The zero-order valence-corrected chi connectivity index (χ0v) is 12.3. The molecule has 0 spiro atoms. The molecule has 6 heteroatoms. The smallest absolute Gasteiger partial charge is 0.333 e. The van der Waals surface area contributed by atoms with Gasteiger partial charge in [0.05, 0.1) is 6.61 Å². The zero-order chi connectivity index (χ0) is 16.7. The highest BCUT2D eigenvalue weighted by Gasteiger charge is 2.04. The second kappa shape index (κ2) is 14.7. The van der Waals surface area contributed by atoms with Crippen LogP contribution in [0.5, 0.6) is 0 Å². The van der Waals surface area contributed by atoms with Gasteiger partial charge in [-0.2, -0.15) is 0 Å². The fourth-order valence-electron chi connectivity index (χ4n) is 0.443. The molecule has 0 aliphatic rings. The normalized spacial score (nSPS) is 7.60. The first-order valence-electron chi connectivity index (χ1n) is 5.65. The Morgan fingerprint density at radius 3 is 1.45 bits per heavy atom. The van der Waals surface area contributed by atoms with Gasteiger partial charge >= 0.3 is 17.9 Å². The number of allylic oxidation sites excluding steroid dienone is 1. The highest BCUT2D eigenvalue weighted by atomic mass is 16.5. The average Bonchev–Trinajstić information content (AvgIpc) is 2.39. The van der Waals surface area contributed by atoms with Gasteiger partial charge < -0.3 is 14.9 Å². The van der Waals surface area contributed by atoms with Crippen LogP contribution in [0.25, 0.3) is 0 Å². The van der Waals surface area contributed by atoms with E-state index in [1.807, 2.05) is 13.8 Å². The van der Waals surface area contributed by atoms with Crippen LogP contribution >= 0.6 is 0 Å². The molecule has 0 rings (SSSR count). The van der Waals surface area contributed by atoms with E-state index >= 15 is 0 Å². The number of carboxylic acids is 2. The van der Waals surface area contributed by atoms with Crippen molar-refractivity contribution >= 4 is 17.9 Å². The molecule has 0 saturated carbocycles. The fraction of sp³-hybridized carbons (Fsp3) is 0.357. The van der Waals surface area contributed by atoms with Crippen molar-refractivity contribution in [2.24, 2.45) is 0 Å². The Balaban J connectivity index is -0.000000244. The third-order valence-corrected chi connectivity index (χ3v) is 1.68. The van der Waals surface area contributed by atoms with Crippen molar-refractivity contribution in [1.82, 2.24) is 0 Å². The van der Waals surface area contributed by atoms with E-state index in [0.717, 1.165) is 17.7 Å². The molecule has 0 atom stereocenters. The van der Waals surface area contributed by atoms with Gasteiger partial charge in [-0.1, -0.05) is 18.7 Å². The summed E-state index contributed by atoms with van der Waals surface area (Å²) in [4.78, 5) is 29.4. The molecular weight excluding hydrogens is 264 g/mol. The molecule has 0 aromatic carbocycles. The lowest BCUT2D eigenvalue weighted by atomic mass is 10.2. The molecular formula is C14H22O6. The van der Waals surface area contributed by atoms with E-state index in [-0.39, 0.29) is 5.97 Å². The number of carbonyl (C=O) groups excluding carboxylic acids is 1. The van der Waals surface area contributed by atoms with E-state index in [0.29, 0.717) is 12.2 Å². The van der Waals surface area contributed by atoms with Gasteiger partial charge in [-0.15, -0.1) is 0 Å². The van der Waals surface area contributed by atoms with Crippen LogP contribution in [-0.4, -0.2) is 34.7 Å². The minimum atomic E-state index is -0.981. The maximum Gasteiger partial charge on any atom is 0.333 e. The molecule has 0 heterocycles. The number of hydrogen-bond acceptors (Lipinski definition) is 4. The van der Waals surface area contributed by atoms with Gasteiger partial charge in [0, 0.05) is 17.7 Å². The van der Waals surface area contributed by atoms with Gasteiger partial charge in [0.15, 0.2) is 0 Å². The molecule has 0 bridgehead atoms. The lowest BCUT2D eigenvalue weighted by Crippen LogP contribution is -2.05. The summed E-state index contributed by atoms with van der Waals surface area (Å²) in [5.41, 5.74) is 1.72. The van der Waals surface area contributed by atoms with Crippen molar-refractivity contribution in [2.75, 3.05) is 6.61 Å². The quantitative estimate of drug-likeness (QED) is 0.608. The summed E-state index contributed by atoms with van der Waals surface area (Å²) in [6.45, 7) is 13.7. The van der Waals surface area contributed by atoms with Crippen LogP contribution in [-0.2, 0) is 19.1 Å². The minimum Gasteiger partial charge on any atom is -0.478 e. The minimum absolute atomic E-state index is 0.206. The molecule has 0 aromatic heterocycles. The summed E-state index contributed by atoms with van der Waals surface area (Å²) < 4.78 is 4.77. The highest BCUT2D eigenvalue weighted by Crippen LogP contribution is 2.03. The Morgan fingerprint density at radius 2 is 1.30 bits per heavy atom. The zero-order valence-electron chi connectivity index (χ0n) is 12.3. The molecule has 0 aliphatic heterocycles. The van der Waals surface area contributed by atoms with Crippen LogP contribution in [0.3, 0.4) is 0 Å². The number of aliphatic carboxylic acids is 2. The average molecular weight is 286 g/mol. The van der Waals surface area contributed by atoms with Gasteiger partial charge in [0.25, 0.3) is 0 Å². The Bertz CT molecular complexity index is 357. The number of carboxylic acid groups (broad SMARTS) is 2. The lowest BCUT2D eigenvalue weighted by molar-refractivity contribution is -0.138. The number of carbonyl (C=O) groups is 3. The van der Waals surface area contributed by atoms with E-state index < -0.39 is 11.9 Å². The third-order valence-electron chi connectivity index (χ3n) is 1.68. The second-order valence-electron chi connectivity index (χ2n) is 3.43. The van der Waals surface area contributed by atoms with Crippen LogP contribution in [0.4, 0.5) is 0 Å². The maximum absolute atomic E-state index is 10.9. The largest absolute Gasteiger partial charge is 0.478 e. The summed E-state index contributed by atoms with van der Waals surface area (Å²) in [6.07, 6.45) is 1.67. The topological polar surface area (TPSA) is 101 Å². The van der Waals surface area contributed by atoms with Crippen molar-refractivity contribution in [3.05, 3.63) is 36.5 Å². The molecule has 6 nitrogen and oxygen atoms in total. The SMILES string of the molecule is C=CC(=O)O.C=CC(=O)O.CCOC(=O)C(C)=C(C)C. The van der Waals surface area contributed by atoms with Crippen LogP contribution in [0.1, 0.15) is 27.7 Å². The molecule has 20 heavy (non-hydrogen) atoms. The van der Waals surface area contributed by atoms with Gasteiger partial charge in [-0.05, 0) is 27.7 Å². The Morgan fingerprint density at radius 1 is 1.00 bits per heavy atom. The van der Waals surface area contributed by atoms with E-state index in [1.54, 1.807) is 13.8 Å². The highest BCUT2D eigenvalue weighted by molar-refractivity contribution is 5.88. The molecule has 0 aromatic rings. The molecule has 0 aliphatic carbocycles. The predicted molar refractivity (Wildman–Crippen MR) is 76.3 cm³/mol. The van der Waals surface area contributed by atoms with Crippen LogP contribution in [0, 0.1) is 0 Å². The number of hydrogen-bond donors (Lipinski definition) is 2. The summed E-state index contributed by atoms with van der Waals surface area (Å²) in [5.74, 6) is -2.17. The van der Waals surface area contributed by atoms with Gasteiger partial charge in [0.2, 0.25) is 0 Å². The Labute approximate surface area is 119 Å². The number of rotatable bonds is 4. The molecule has 0 radical (unpaired) electrons. The summed E-state index contributed by atoms with van der Waals surface area (Å²) >= 11 is 0. The van der Waals surface area contributed by atoms with Crippen LogP contribution < -0.4 is 0 Å². The fourth-order valence-corrected chi connectivity index (χ4v) is 0.443. The van der Waals surface area contributed by atoms with Crippen LogP contribution in [0.15, 0.2) is 36.5 Å². The van der Waals surface area contributed by atoms with E-state index in [4.69, 9.17) is 14.9 Å². The lowest BCUT2D eigenvalue weighted by Gasteiger charge is -2.01. The van der Waals surface area contributed by atoms with Crippen molar-refractivity contribution in [3.63, 3.8) is 0 Å². The van der Waals surface area contributed by atoms with Crippen molar-refractivity contribution in [2.45, 2.75) is 27.7 Å². The van der Waals surface area contributed by atoms with Crippen molar-refractivity contribution in [3.8, 4) is 0 Å². The van der Waals surface area contributed by atoms with E-state index in [2.05, 4.69) is 13.2 Å². The third kappa shape index (κ3) is 21.0. The second-order valence-corrected chi connectivity index (χ2v) is 3.43. The Kier molecular flexibility index (Phi) is 16.7. The van der Waals surface area contributed by atoms with Gasteiger partial charge in [0.1, 0.15) is 0 Å². The van der Waals surface area contributed by atoms with Crippen LogP contribution in [0.2, 0.25) is 0 Å². The van der Waals surface area contributed by atoms with E-state index in [1.165, 1.54) is 0 Å². The van der Waals surface area contributed by atoms with Crippen molar-refractivity contribution in [1.29, 1.82) is 0 Å². The number of ether oxygens (including phenoxy) is 1. The van der Waals surface area contributed by atoms with Crippen molar-refractivity contribution < 1.29 is 29.3 Å². The maximum atomic E-state index is 10.9. The monoisotopic (exact) mass is 286 g/mol. The molecule has 0 saturated heterocycles. The molecule has 0 amide bonds. The molecule has 0 fully saturated rings. The summed E-state index contributed by atoms with van der Waals surface area (Å²) in [7, 11) is 0. The Hall–Kier alpha value is -2.37. The molecule has 2 N–H and O–H groups in total. The summed E-state index contributed by atoms with van der Waals surface area (Å²) in [5, 5.41) is 15.2. The first-order valence-corrected chi connectivity index (χ1v) is 5.65. The van der Waals surface area contributed by atoms with E-state index in [9.17, 15) is 14.4 Å². The predicted octanol–water partition coefficient (Wildman–Crippen LogP) is 2.42. The summed E-state index contributed by atoms with van der Waals surface area (Å²) in [6, 6.07) is 0. The standard InChI is InChI=1S/C8H14O2.2C3H4O2/c1-5-10-8(9)7(4)6(2)3;2*1-2-3(4)5/h5H2,1-4H3;2*2H,1H2,(H,4,5). The molecule has 0 unspecified atom stereocenters. The first kappa shape index (κ1) is 22.8. The first-order chi connectivity index (χ1) is 9.13. The molecule has 114 valence electrons. The number of esters is 1. The van der Waals surface area contributed by atoms with Gasteiger partial charge in [-0.3, -0.25) is 0 Å². The van der Waals surface area contributed by atoms with Gasteiger partial charge in [-0.25, -0.2) is 14.4 Å².